The van der Waals surface area contributed by atoms with Gasteiger partial charge in [0.25, 0.3) is 0 Å². The van der Waals surface area contributed by atoms with E-state index in [1.807, 2.05) is 20.8 Å². The summed E-state index contributed by atoms with van der Waals surface area (Å²) < 4.78 is 26.9. The lowest BCUT2D eigenvalue weighted by molar-refractivity contribution is 0.350. The third-order valence-electron chi connectivity index (χ3n) is 3.03. The minimum Gasteiger partial charge on any atom is -0.384 e. The van der Waals surface area contributed by atoms with Gasteiger partial charge in [-0.1, -0.05) is 32.6 Å². The topological polar surface area (TPSA) is 79.3 Å². The van der Waals surface area contributed by atoms with Crippen molar-refractivity contribution in [1.82, 2.24) is 9.71 Å². The number of hydrogen-bond acceptors (Lipinski definition) is 4. The van der Waals surface area contributed by atoms with Crippen molar-refractivity contribution in [3.8, 4) is 11.8 Å². The van der Waals surface area contributed by atoms with Gasteiger partial charge in [-0.25, -0.2) is 13.1 Å². The van der Waals surface area contributed by atoms with Gasteiger partial charge in [0, 0.05) is 24.5 Å². The fourth-order valence-corrected chi connectivity index (χ4v) is 2.50. The van der Waals surface area contributed by atoms with Crippen LogP contribution in [0, 0.1) is 17.3 Å². The molecule has 1 aromatic rings. The van der Waals surface area contributed by atoms with E-state index in [4.69, 9.17) is 5.11 Å². The monoisotopic (exact) mass is 296 g/mol. The highest BCUT2D eigenvalue weighted by Gasteiger charge is 2.21. The van der Waals surface area contributed by atoms with Gasteiger partial charge in [-0.3, -0.25) is 4.98 Å². The highest BCUT2D eigenvalue weighted by Crippen LogP contribution is 2.19. The van der Waals surface area contributed by atoms with Crippen molar-refractivity contribution in [2.24, 2.45) is 5.41 Å². The van der Waals surface area contributed by atoms with Gasteiger partial charge >= 0.3 is 0 Å². The molecule has 1 rings (SSSR count). The molecule has 0 aromatic carbocycles. The summed E-state index contributed by atoms with van der Waals surface area (Å²) in [5.41, 5.74) is 0.353. The molecule has 0 bridgehead atoms. The Morgan fingerprint density at radius 1 is 1.40 bits per heavy atom. The molecule has 2 N–H and O–H groups in total. The first-order valence-electron chi connectivity index (χ1n) is 6.35. The van der Waals surface area contributed by atoms with E-state index >= 15 is 0 Å². The van der Waals surface area contributed by atoms with Crippen molar-refractivity contribution >= 4 is 10.0 Å². The van der Waals surface area contributed by atoms with Gasteiger partial charge in [0.1, 0.15) is 11.5 Å². The highest BCUT2D eigenvalue weighted by molar-refractivity contribution is 7.89. The van der Waals surface area contributed by atoms with E-state index in [1.165, 1.54) is 18.5 Å². The molecule has 0 aliphatic carbocycles. The summed E-state index contributed by atoms with van der Waals surface area (Å²) in [6, 6.07) is 1.44. The van der Waals surface area contributed by atoms with Gasteiger partial charge in [-0.15, -0.1) is 0 Å². The lowest BCUT2D eigenvalue weighted by atomic mass is 9.91. The average Bonchev–Trinajstić information content (AvgIpc) is 2.43. The third kappa shape index (κ3) is 4.93. The molecular weight excluding hydrogens is 276 g/mol. The van der Waals surface area contributed by atoms with Crippen LogP contribution in [0.25, 0.3) is 0 Å². The number of rotatable bonds is 5. The molecule has 0 radical (unpaired) electrons. The van der Waals surface area contributed by atoms with Gasteiger partial charge in [0.2, 0.25) is 10.0 Å². The van der Waals surface area contributed by atoms with Gasteiger partial charge in [0.05, 0.1) is 0 Å². The Kier molecular flexibility index (Phi) is 5.69. The summed E-state index contributed by atoms with van der Waals surface area (Å²) in [6.07, 6.45) is 3.61. The Morgan fingerprint density at radius 2 is 2.10 bits per heavy atom. The van der Waals surface area contributed by atoms with E-state index in [0.717, 1.165) is 6.42 Å². The van der Waals surface area contributed by atoms with Crippen molar-refractivity contribution in [3.63, 3.8) is 0 Å². The summed E-state index contributed by atoms with van der Waals surface area (Å²) in [4.78, 5) is 3.94. The molecule has 0 aliphatic heterocycles. The van der Waals surface area contributed by atoms with Crippen LogP contribution in [0.1, 0.15) is 32.8 Å². The number of hydrogen-bond donors (Lipinski definition) is 2. The van der Waals surface area contributed by atoms with E-state index in [2.05, 4.69) is 21.5 Å². The molecule has 20 heavy (non-hydrogen) atoms. The van der Waals surface area contributed by atoms with Crippen molar-refractivity contribution in [2.45, 2.75) is 32.1 Å². The molecule has 0 saturated heterocycles. The smallest absolute Gasteiger partial charge is 0.242 e. The zero-order chi connectivity index (χ0) is 15.2. The van der Waals surface area contributed by atoms with Crippen LogP contribution < -0.4 is 4.72 Å². The van der Waals surface area contributed by atoms with Crippen LogP contribution in [0.4, 0.5) is 0 Å². The quantitative estimate of drug-likeness (QED) is 0.799. The number of aliphatic hydroxyl groups excluding tert-OH is 1. The van der Waals surface area contributed by atoms with Crippen LogP contribution >= 0.6 is 0 Å². The van der Waals surface area contributed by atoms with Crippen LogP contribution in [-0.4, -0.2) is 31.7 Å². The minimum absolute atomic E-state index is 0.0779. The molecule has 6 heteroatoms. The van der Waals surface area contributed by atoms with E-state index in [9.17, 15) is 8.42 Å². The van der Waals surface area contributed by atoms with Crippen molar-refractivity contribution in [3.05, 3.63) is 24.0 Å². The van der Waals surface area contributed by atoms with Crippen LogP contribution in [0.2, 0.25) is 0 Å². The Hall–Kier alpha value is -1.42. The molecule has 0 unspecified atom stereocenters. The van der Waals surface area contributed by atoms with Gasteiger partial charge in [0.15, 0.2) is 0 Å². The zero-order valence-electron chi connectivity index (χ0n) is 12.0. The first-order valence-corrected chi connectivity index (χ1v) is 7.83. The Bertz CT molecular complexity index is 613. The Morgan fingerprint density at radius 3 is 2.70 bits per heavy atom. The number of aliphatic hydroxyl groups is 1. The van der Waals surface area contributed by atoms with E-state index < -0.39 is 10.0 Å². The van der Waals surface area contributed by atoms with Gasteiger partial charge in [-0.2, -0.15) is 0 Å². The van der Waals surface area contributed by atoms with E-state index in [0.29, 0.717) is 12.1 Å². The summed E-state index contributed by atoms with van der Waals surface area (Å²) in [5, 5.41) is 8.63. The molecule has 0 aliphatic rings. The molecule has 0 saturated carbocycles. The zero-order valence-corrected chi connectivity index (χ0v) is 12.8. The number of pyridine rings is 1. The first kappa shape index (κ1) is 16.6. The molecule has 5 nitrogen and oxygen atoms in total. The Labute approximate surface area is 120 Å². The fraction of sp³-hybridized carbons (Fsp3) is 0.500. The molecule has 1 aromatic heterocycles. The molecule has 0 atom stereocenters. The predicted molar refractivity (Wildman–Crippen MR) is 77.5 cm³/mol. The lowest BCUT2D eigenvalue weighted by Crippen LogP contribution is -2.33. The summed E-state index contributed by atoms with van der Waals surface area (Å²) in [7, 11) is -3.59. The van der Waals surface area contributed by atoms with Crippen LogP contribution in [-0.2, 0) is 10.0 Å². The average molecular weight is 296 g/mol. The maximum atomic E-state index is 12.2. The lowest BCUT2D eigenvalue weighted by Gasteiger charge is -2.22. The van der Waals surface area contributed by atoms with Crippen molar-refractivity contribution in [1.29, 1.82) is 0 Å². The fourth-order valence-electron chi connectivity index (χ4n) is 1.27. The molecule has 110 valence electrons. The SMILES string of the molecule is CCC(C)(C)CNS(=O)(=O)c1cncc(C#CCO)c1. The third-order valence-corrected chi connectivity index (χ3v) is 4.40. The maximum Gasteiger partial charge on any atom is 0.242 e. The van der Waals surface area contributed by atoms with Crippen LogP contribution in [0.3, 0.4) is 0 Å². The molecule has 0 fully saturated rings. The largest absolute Gasteiger partial charge is 0.384 e. The highest BCUT2D eigenvalue weighted by atomic mass is 32.2. The Balaban J connectivity index is 2.93. The standard InChI is InChI=1S/C14H20N2O3S/c1-4-14(2,3)11-16-20(18,19)13-8-12(6-5-7-17)9-15-10-13/h8-10,16-17H,4,7,11H2,1-3H3. The summed E-state index contributed by atoms with van der Waals surface area (Å²) in [5.74, 6) is 5.09. The van der Waals surface area contributed by atoms with E-state index in [-0.39, 0.29) is 16.9 Å². The van der Waals surface area contributed by atoms with Gasteiger partial charge < -0.3 is 5.11 Å². The summed E-state index contributed by atoms with van der Waals surface area (Å²) >= 11 is 0. The van der Waals surface area contributed by atoms with Crippen molar-refractivity contribution < 1.29 is 13.5 Å². The van der Waals surface area contributed by atoms with Crippen LogP contribution in [0.5, 0.6) is 0 Å². The van der Waals surface area contributed by atoms with Gasteiger partial charge in [-0.05, 0) is 17.9 Å². The van der Waals surface area contributed by atoms with Crippen molar-refractivity contribution in [2.75, 3.05) is 13.2 Å². The number of nitrogens with one attached hydrogen (secondary N) is 1. The van der Waals surface area contributed by atoms with E-state index in [1.54, 1.807) is 0 Å². The van der Waals surface area contributed by atoms with Crippen LogP contribution in [0.15, 0.2) is 23.4 Å². The minimum atomic E-state index is -3.59. The number of aromatic nitrogens is 1. The summed E-state index contributed by atoms with van der Waals surface area (Å²) in [6.45, 7) is 6.09. The second-order valence-corrected chi connectivity index (χ2v) is 6.98. The maximum absolute atomic E-state index is 12.2. The molecule has 1 heterocycles. The molecule has 0 spiro atoms. The second kappa shape index (κ2) is 6.84. The molecular formula is C14H20N2O3S. The number of sulfonamides is 1. The second-order valence-electron chi connectivity index (χ2n) is 5.21. The normalized spacial score (nSPS) is 11.8. The first-order chi connectivity index (χ1) is 9.30. The molecule has 0 amide bonds. The predicted octanol–water partition coefficient (Wildman–Crippen LogP) is 1.14. The number of nitrogens with zero attached hydrogens (tertiary/aromatic N) is 1.